The summed E-state index contributed by atoms with van der Waals surface area (Å²) in [5, 5.41) is 10.2. The Labute approximate surface area is 298 Å². The van der Waals surface area contributed by atoms with Crippen LogP contribution in [0.15, 0.2) is 89.3 Å². The van der Waals surface area contributed by atoms with E-state index in [0.29, 0.717) is 30.1 Å². The molecule has 6 rings (SSSR count). The number of aromatic nitrogens is 2. The molecule has 2 N–H and O–H groups in total. The third-order valence-electron chi connectivity index (χ3n) is 11.8. The summed E-state index contributed by atoms with van der Waals surface area (Å²) in [5.74, 6) is 2.46. The van der Waals surface area contributed by atoms with Gasteiger partial charge in [0.15, 0.2) is 0 Å². The summed E-state index contributed by atoms with van der Waals surface area (Å²) in [6, 6.07) is 18.5. The number of unbranched alkanes of at least 4 members (excludes halogenated alkanes) is 2. The summed E-state index contributed by atoms with van der Waals surface area (Å²) in [6.45, 7) is 6.22. The van der Waals surface area contributed by atoms with E-state index in [1.165, 1.54) is 50.3 Å². The number of imidazole rings is 1. The van der Waals surface area contributed by atoms with Crippen LogP contribution in [0.4, 0.5) is 5.69 Å². The van der Waals surface area contributed by atoms with Gasteiger partial charge in [-0.15, -0.1) is 0 Å². The highest BCUT2D eigenvalue weighted by molar-refractivity contribution is 7.96. The minimum atomic E-state index is -3.72. The molecule has 0 amide bonds. The van der Waals surface area contributed by atoms with Crippen molar-refractivity contribution in [2.24, 2.45) is 23.7 Å². The van der Waals surface area contributed by atoms with E-state index >= 15 is 0 Å². The van der Waals surface area contributed by atoms with Gasteiger partial charge in [-0.05, 0) is 86.4 Å². The average molecular weight is 699 g/mol. The van der Waals surface area contributed by atoms with Crippen LogP contribution >= 0.6 is 0 Å². The third-order valence-corrected chi connectivity index (χ3v) is 13.6. The fourth-order valence-electron chi connectivity index (χ4n) is 9.42. The number of allylic oxidation sites excluding steroid dienone is 1. The number of hydrogen-bond donors (Lipinski definition) is 2. The van der Waals surface area contributed by atoms with Crippen LogP contribution in [0, 0.1) is 29.1 Å². The lowest BCUT2D eigenvalue weighted by Gasteiger charge is -2.51. The van der Waals surface area contributed by atoms with Crippen LogP contribution < -0.4 is 10.2 Å². The molecule has 3 atom stereocenters. The highest BCUT2D eigenvalue weighted by Gasteiger charge is 2.51. The molecule has 3 aromatic rings. The molecule has 0 spiro atoms. The zero-order valence-electron chi connectivity index (χ0n) is 29.5. The standard InChI is InChI=1S/C40H54N6O3S/c1-42-26-38(25-41)50(48,49)37-16-14-36(15-17-37)46-28-32(29-46)27-44-21-18-35(19-22-44)40(30-45-23-20-43-31-45,34-11-5-2-6-12-34)39-13-8-10-33(39)9-4-3-7-24-47/h2,5-6,11-12,14-17,20,23-26,31-33,35,39,41-42H,3-4,7-10,13,18-19,21-22,27-30H2,1H3/b38-26+,41-25?/t33-,39-,40?/m0/s1. The first-order valence-electron chi connectivity index (χ1n) is 18.5. The molecule has 2 aromatic carbocycles. The van der Waals surface area contributed by atoms with Crippen LogP contribution in [0.5, 0.6) is 0 Å². The number of likely N-dealkylation sites (tertiary alicyclic amines) is 1. The summed E-state index contributed by atoms with van der Waals surface area (Å²) in [4.78, 5) is 20.6. The van der Waals surface area contributed by atoms with E-state index in [2.05, 4.69) is 61.2 Å². The zero-order valence-corrected chi connectivity index (χ0v) is 30.3. The lowest BCUT2D eigenvalue weighted by Crippen LogP contribution is -2.54. The van der Waals surface area contributed by atoms with Crippen molar-refractivity contribution in [3.8, 4) is 0 Å². The van der Waals surface area contributed by atoms with Gasteiger partial charge in [0.25, 0.3) is 0 Å². The van der Waals surface area contributed by atoms with Gasteiger partial charge < -0.3 is 29.9 Å². The number of hydrogen-bond acceptors (Lipinski definition) is 8. The van der Waals surface area contributed by atoms with Crippen molar-refractivity contribution in [1.82, 2.24) is 19.8 Å². The molecular formula is C40H54N6O3S. The number of rotatable bonds is 17. The number of aldehydes is 1. The van der Waals surface area contributed by atoms with Crippen molar-refractivity contribution < 1.29 is 13.2 Å². The molecule has 268 valence electrons. The van der Waals surface area contributed by atoms with Gasteiger partial charge in [-0.1, -0.05) is 56.0 Å². The number of carbonyl (C=O) groups is 1. The number of piperidine rings is 1. The predicted molar refractivity (Wildman–Crippen MR) is 200 cm³/mol. The summed E-state index contributed by atoms with van der Waals surface area (Å²) in [7, 11) is -2.10. The van der Waals surface area contributed by atoms with Crippen LogP contribution in [-0.4, -0.2) is 75.1 Å². The molecule has 50 heavy (non-hydrogen) atoms. The van der Waals surface area contributed by atoms with Crippen molar-refractivity contribution in [2.45, 2.75) is 74.6 Å². The molecule has 3 heterocycles. The maximum atomic E-state index is 12.9. The highest BCUT2D eigenvalue weighted by atomic mass is 32.2. The van der Waals surface area contributed by atoms with Gasteiger partial charge in [-0.25, -0.2) is 13.4 Å². The van der Waals surface area contributed by atoms with Gasteiger partial charge in [0.05, 0.1) is 11.2 Å². The van der Waals surface area contributed by atoms with E-state index in [-0.39, 0.29) is 15.2 Å². The quantitative estimate of drug-likeness (QED) is 0.0964. The molecule has 3 aliphatic rings. The number of benzene rings is 2. The first kappa shape index (κ1) is 36.0. The second-order valence-corrected chi connectivity index (χ2v) is 16.7. The second-order valence-electron chi connectivity index (χ2n) is 14.7. The van der Waals surface area contributed by atoms with Crippen molar-refractivity contribution >= 4 is 28.0 Å². The number of anilines is 1. The van der Waals surface area contributed by atoms with Crippen LogP contribution in [0.3, 0.4) is 0 Å². The lowest BCUT2D eigenvalue weighted by atomic mass is 9.56. The van der Waals surface area contributed by atoms with E-state index in [0.717, 1.165) is 70.3 Å². The summed E-state index contributed by atoms with van der Waals surface area (Å²) >= 11 is 0. The first-order chi connectivity index (χ1) is 24.4. The van der Waals surface area contributed by atoms with E-state index in [9.17, 15) is 13.2 Å². The lowest BCUT2D eigenvalue weighted by molar-refractivity contribution is -0.107. The topological polar surface area (TPSA) is 111 Å². The molecule has 0 bridgehead atoms. The van der Waals surface area contributed by atoms with Gasteiger partial charge in [-0.2, -0.15) is 0 Å². The second kappa shape index (κ2) is 16.5. The van der Waals surface area contributed by atoms with Crippen molar-refractivity contribution in [1.29, 1.82) is 5.41 Å². The number of sulfone groups is 1. The van der Waals surface area contributed by atoms with Crippen molar-refractivity contribution in [3.05, 3.63) is 90.0 Å². The van der Waals surface area contributed by atoms with Crippen molar-refractivity contribution in [3.63, 3.8) is 0 Å². The molecule has 0 radical (unpaired) electrons. The summed E-state index contributed by atoms with van der Waals surface area (Å²) < 4.78 is 28.1. The Morgan fingerprint density at radius 3 is 2.44 bits per heavy atom. The normalized spacial score (nSPS) is 22.2. The molecule has 9 nitrogen and oxygen atoms in total. The van der Waals surface area contributed by atoms with E-state index in [1.807, 2.05) is 24.7 Å². The fraction of sp³-hybridized carbons (Fsp3) is 0.525. The molecule has 10 heteroatoms. The van der Waals surface area contributed by atoms with Crippen LogP contribution in [0.2, 0.25) is 0 Å². The van der Waals surface area contributed by atoms with Crippen molar-refractivity contribution in [2.75, 3.05) is 44.7 Å². The number of carbonyl (C=O) groups excluding carboxylic acids is 1. The van der Waals surface area contributed by atoms with Gasteiger partial charge in [0.1, 0.15) is 11.2 Å². The number of nitrogens with zero attached hydrogens (tertiary/aromatic N) is 4. The third kappa shape index (κ3) is 7.76. The largest absolute Gasteiger partial charge is 0.393 e. The Bertz CT molecular complexity index is 1660. The van der Waals surface area contributed by atoms with Gasteiger partial charge in [0, 0.05) is 81.5 Å². The molecule has 3 fully saturated rings. The number of nitrogens with one attached hydrogen (secondary N) is 2. The van der Waals surface area contributed by atoms with E-state index < -0.39 is 9.84 Å². The molecule has 1 saturated carbocycles. The average Bonchev–Trinajstić information content (AvgIpc) is 3.83. The minimum absolute atomic E-state index is 0.0368. The smallest absolute Gasteiger partial charge is 0.209 e. The van der Waals surface area contributed by atoms with Crippen LogP contribution in [0.25, 0.3) is 0 Å². The highest BCUT2D eigenvalue weighted by Crippen LogP contribution is 2.54. The predicted octanol–water partition coefficient (Wildman–Crippen LogP) is 6.33. The SMILES string of the molecule is CN/C=C(\C=N)S(=O)(=O)c1ccc(N2CC(CN3CCC(C(Cn4ccnc4)(c4ccccc4)[C@H]4CCC[C@@H]4CCCCC=O)CC3)C2)cc1. The first-order valence-corrected chi connectivity index (χ1v) is 20.0. The molecule has 2 aliphatic heterocycles. The Balaban J connectivity index is 1.11. The zero-order chi connectivity index (χ0) is 35.0. The van der Waals surface area contributed by atoms with Crippen LogP contribution in [0.1, 0.15) is 63.4 Å². The molecular weight excluding hydrogens is 645 g/mol. The fourth-order valence-corrected chi connectivity index (χ4v) is 10.6. The Kier molecular flexibility index (Phi) is 11.9. The maximum absolute atomic E-state index is 12.9. The Hall–Kier alpha value is -3.76. The minimum Gasteiger partial charge on any atom is -0.393 e. The molecule has 2 saturated heterocycles. The summed E-state index contributed by atoms with van der Waals surface area (Å²) in [6.07, 6.45) is 19.6. The van der Waals surface area contributed by atoms with Crippen LogP contribution in [-0.2, 0) is 26.6 Å². The van der Waals surface area contributed by atoms with E-state index in [4.69, 9.17) is 5.41 Å². The van der Waals surface area contributed by atoms with Gasteiger partial charge >= 0.3 is 0 Å². The van der Waals surface area contributed by atoms with Gasteiger partial charge in [0.2, 0.25) is 9.84 Å². The maximum Gasteiger partial charge on any atom is 0.209 e. The molecule has 1 aromatic heterocycles. The van der Waals surface area contributed by atoms with E-state index in [1.54, 1.807) is 19.2 Å². The Morgan fingerprint density at radius 1 is 1.02 bits per heavy atom. The molecule has 1 unspecified atom stereocenters. The molecule has 1 aliphatic carbocycles. The summed E-state index contributed by atoms with van der Waals surface area (Å²) in [5.41, 5.74) is 2.56. The Morgan fingerprint density at radius 2 is 1.78 bits per heavy atom. The van der Waals surface area contributed by atoms with Gasteiger partial charge in [-0.3, -0.25) is 0 Å². The monoisotopic (exact) mass is 698 g/mol.